The van der Waals surface area contributed by atoms with Gasteiger partial charge in [-0.25, -0.2) is 0 Å². The zero-order valence-corrected chi connectivity index (χ0v) is 12.0. The monoisotopic (exact) mass is 251 g/mol. The molecular formula is C15H25NO2. The summed E-state index contributed by atoms with van der Waals surface area (Å²) in [6.45, 7) is 10.2. The smallest absolute Gasteiger partial charge is 0.122 e. The zero-order chi connectivity index (χ0) is 13.5. The van der Waals surface area contributed by atoms with Crippen LogP contribution < -0.4 is 10.5 Å². The molecule has 3 nitrogen and oxygen atoms in total. The van der Waals surface area contributed by atoms with Gasteiger partial charge in [-0.1, -0.05) is 6.07 Å². The summed E-state index contributed by atoms with van der Waals surface area (Å²) in [6, 6.07) is 4.27. The van der Waals surface area contributed by atoms with Crippen LogP contribution in [0.15, 0.2) is 12.1 Å². The Labute approximate surface area is 110 Å². The van der Waals surface area contributed by atoms with Gasteiger partial charge in [0.15, 0.2) is 0 Å². The van der Waals surface area contributed by atoms with E-state index in [0.717, 1.165) is 12.2 Å². The van der Waals surface area contributed by atoms with Crippen LogP contribution in [0.4, 0.5) is 0 Å². The van der Waals surface area contributed by atoms with Gasteiger partial charge in [-0.3, -0.25) is 0 Å². The van der Waals surface area contributed by atoms with Crippen molar-refractivity contribution in [2.45, 2.75) is 40.2 Å². The lowest BCUT2D eigenvalue weighted by Gasteiger charge is -2.13. The second-order valence-corrected chi connectivity index (χ2v) is 4.82. The Morgan fingerprint density at radius 2 is 1.72 bits per heavy atom. The summed E-state index contributed by atoms with van der Waals surface area (Å²) in [5.41, 5.74) is 9.23. The van der Waals surface area contributed by atoms with Crippen LogP contribution in [0.2, 0.25) is 0 Å². The fourth-order valence-corrected chi connectivity index (χ4v) is 1.68. The van der Waals surface area contributed by atoms with Crippen molar-refractivity contribution in [3.8, 4) is 5.75 Å². The molecule has 0 fully saturated rings. The minimum Gasteiger partial charge on any atom is -0.493 e. The predicted molar refractivity (Wildman–Crippen MR) is 75.2 cm³/mol. The number of hydrogen-bond donors (Lipinski definition) is 1. The molecule has 0 spiro atoms. The van der Waals surface area contributed by atoms with Crippen LogP contribution in [-0.2, 0) is 4.74 Å². The molecule has 102 valence electrons. The molecule has 1 aromatic rings. The van der Waals surface area contributed by atoms with Gasteiger partial charge >= 0.3 is 0 Å². The minimum atomic E-state index is 0.133. The quantitative estimate of drug-likeness (QED) is 0.758. The molecule has 0 amide bonds. The van der Waals surface area contributed by atoms with Crippen molar-refractivity contribution in [3.63, 3.8) is 0 Å². The fraction of sp³-hybridized carbons (Fsp3) is 0.600. The predicted octanol–water partition coefficient (Wildman–Crippen LogP) is 2.74. The van der Waals surface area contributed by atoms with Crippen LogP contribution >= 0.6 is 0 Å². The standard InChI is InChI=1S/C15H25NO2/c1-11-8-13(3)15(9-12(11)2)18-7-5-6-17-14(4)10-16/h8-9,14H,5-7,10,16H2,1-4H3. The summed E-state index contributed by atoms with van der Waals surface area (Å²) in [7, 11) is 0. The Bertz CT molecular complexity index is 377. The molecule has 0 heterocycles. The Kier molecular flexibility index (Phi) is 6.16. The molecule has 0 aromatic heterocycles. The average molecular weight is 251 g/mol. The molecule has 18 heavy (non-hydrogen) atoms. The van der Waals surface area contributed by atoms with Crippen LogP contribution in [0.1, 0.15) is 30.0 Å². The van der Waals surface area contributed by atoms with Gasteiger partial charge in [0, 0.05) is 13.0 Å². The van der Waals surface area contributed by atoms with Gasteiger partial charge in [-0.15, -0.1) is 0 Å². The topological polar surface area (TPSA) is 44.5 Å². The van der Waals surface area contributed by atoms with Gasteiger partial charge in [0.1, 0.15) is 5.75 Å². The summed E-state index contributed by atoms with van der Waals surface area (Å²) in [4.78, 5) is 0. The summed E-state index contributed by atoms with van der Waals surface area (Å²) in [6.07, 6.45) is 1.02. The van der Waals surface area contributed by atoms with Gasteiger partial charge in [-0.2, -0.15) is 0 Å². The van der Waals surface area contributed by atoms with Crippen molar-refractivity contribution in [2.75, 3.05) is 19.8 Å². The molecule has 3 heteroatoms. The maximum Gasteiger partial charge on any atom is 0.122 e. The van der Waals surface area contributed by atoms with Crippen molar-refractivity contribution in [1.82, 2.24) is 0 Å². The lowest BCUT2D eigenvalue weighted by molar-refractivity contribution is 0.0630. The SMILES string of the molecule is Cc1cc(C)c(OCCCOC(C)CN)cc1C. The molecule has 0 aliphatic rings. The number of ether oxygens (including phenoxy) is 2. The molecule has 0 aliphatic heterocycles. The zero-order valence-electron chi connectivity index (χ0n) is 12.0. The van der Waals surface area contributed by atoms with Crippen LogP contribution in [0.25, 0.3) is 0 Å². The third kappa shape index (κ3) is 4.67. The molecule has 0 bridgehead atoms. The maximum absolute atomic E-state index is 5.78. The first-order chi connectivity index (χ1) is 8.54. The molecule has 0 saturated heterocycles. The van der Waals surface area contributed by atoms with E-state index in [1.807, 2.05) is 6.92 Å². The Morgan fingerprint density at radius 3 is 2.39 bits per heavy atom. The minimum absolute atomic E-state index is 0.133. The van der Waals surface area contributed by atoms with Crippen LogP contribution in [0, 0.1) is 20.8 Å². The van der Waals surface area contributed by atoms with E-state index in [4.69, 9.17) is 15.2 Å². The highest BCUT2D eigenvalue weighted by molar-refractivity contribution is 5.40. The van der Waals surface area contributed by atoms with Gasteiger partial charge in [0.25, 0.3) is 0 Å². The summed E-state index contributed by atoms with van der Waals surface area (Å²) < 4.78 is 11.3. The van der Waals surface area contributed by atoms with Gasteiger partial charge in [-0.05, 0) is 50.5 Å². The van der Waals surface area contributed by atoms with Crippen molar-refractivity contribution in [3.05, 3.63) is 28.8 Å². The van der Waals surface area contributed by atoms with E-state index in [-0.39, 0.29) is 6.10 Å². The Balaban J connectivity index is 2.33. The average Bonchev–Trinajstić information content (AvgIpc) is 2.34. The van der Waals surface area contributed by atoms with Crippen molar-refractivity contribution in [2.24, 2.45) is 5.73 Å². The third-order valence-corrected chi connectivity index (χ3v) is 3.07. The fourth-order valence-electron chi connectivity index (χ4n) is 1.68. The molecule has 0 radical (unpaired) electrons. The van der Waals surface area contributed by atoms with E-state index in [2.05, 4.69) is 32.9 Å². The maximum atomic E-state index is 5.78. The first-order valence-corrected chi connectivity index (χ1v) is 6.57. The Morgan fingerprint density at radius 1 is 1.06 bits per heavy atom. The largest absolute Gasteiger partial charge is 0.493 e. The number of benzene rings is 1. The number of hydrogen-bond acceptors (Lipinski definition) is 3. The van der Waals surface area contributed by atoms with E-state index in [9.17, 15) is 0 Å². The van der Waals surface area contributed by atoms with Crippen LogP contribution in [0.3, 0.4) is 0 Å². The van der Waals surface area contributed by atoms with Crippen molar-refractivity contribution in [1.29, 1.82) is 0 Å². The molecule has 1 rings (SSSR count). The van der Waals surface area contributed by atoms with Crippen molar-refractivity contribution < 1.29 is 9.47 Å². The highest BCUT2D eigenvalue weighted by atomic mass is 16.5. The Hall–Kier alpha value is -1.06. The highest BCUT2D eigenvalue weighted by Crippen LogP contribution is 2.22. The lowest BCUT2D eigenvalue weighted by Crippen LogP contribution is -2.21. The molecule has 0 aliphatic carbocycles. The van der Waals surface area contributed by atoms with E-state index in [1.165, 1.54) is 16.7 Å². The van der Waals surface area contributed by atoms with Gasteiger partial charge < -0.3 is 15.2 Å². The van der Waals surface area contributed by atoms with Crippen LogP contribution in [-0.4, -0.2) is 25.9 Å². The molecule has 1 atom stereocenters. The molecule has 1 unspecified atom stereocenters. The van der Waals surface area contributed by atoms with E-state index < -0.39 is 0 Å². The first kappa shape index (κ1) is 15.0. The molecule has 0 saturated carbocycles. The summed E-state index contributed by atoms with van der Waals surface area (Å²) in [5, 5.41) is 0. The van der Waals surface area contributed by atoms with Crippen LogP contribution in [0.5, 0.6) is 5.75 Å². The number of nitrogens with two attached hydrogens (primary N) is 1. The van der Waals surface area contributed by atoms with Gasteiger partial charge in [0.2, 0.25) is 0 Å². The molecule has 2 N–H and O–H groups in total. The van der Waals surface area contributed by atoms with E-state index in [1.54, 1.807) is 0 Å². The molecular weight excluding hydrogens is 226 g/mol. The second-order valence-electron chi connectivity index (χ2n) is 4.82. The third-order valence-electron chi connectivity index (χ3n) is 3.07. The first-order valence-electron chi connectivity index (χ1n) is 6.57. The lowest BCUT2D eigenvalue weighted by atomic mass is 10.1. The normalized spacial score (nSPS) is 12.5. The van der Waals surface area contributed by atoms with Gasteiger partial charge in [0.05, 0.1) is 19.3 Å². The number of rotatable bonds is 7. The summed E-state index contributed by atoms with van der Waals surface area (Å²) in [5.74, 6) is 0.977. The number of aryl methyl sites for hydroxylation is 3. The van der Waals surface area contributed by atoms with E-state index >= 15 is 0 Å². The van der Waals surface area contributed by atoms with E-state index in [0.29, 0.717) is 19.8 Å². The van der Waals surface area contributed by atoms with Crippen molar-refractivity contribution >= 4 is 0 Å². The second kappa shape index (κ2) is 7.39. The molecule has 1 aromatic carbocycles. The highest BCUT2D eigenvalue weighted by Gasteiger charge is 2.03. The summed E-state index contributed by atoms with van der Waals surface area (Å²) >= 11 is 0.